The SMILES string of the molecule is CNc1cnc(C)c(NC(=O)c2cnc3[nH]c(C4CC45CCOCC5)cc3c2)c1. The second-order valence-corrected chi connectivity index (χ2v) is 8.18. The number of nitrogens with one attached hydrogen (secondary N) is 3. The Hall–Kier alpha value is -2.93. The van der Waals surface area contributed by atoms with E-state index < -0.39 is 0 Å². The van der Waals surface area contributed by atoms with E-state index in [4.69, 9.17) is 4.74 Å². The van der Waals surface area contributed by atoms with Crippen LogP contribution in [0.1, 0.15) is 46.9 Å². The fourth-order valence-corrected chi connectivity index (χ4v) is 4.46. The Balaban J connectivity index is 1.37. The third-order valence-electron chi connectivity index (χ3n) is 6.43. The molecule has 1 saturated heterocycles. The van der Waals surface area contributed by atoms with E-state index in [0.717, 1.165) is 48.5 Å². The normalized spacial score (nSPS) is 20.0. The lowest BCUT2D eigenvalue weighted by molar-refractivity contribution is 0.0556. The number of amides is 1. The molecule has 3 aromatic rings. The zero-order chi connectivity index (χ0) is 20.0. The van der Waals surface area contributed by atoms with Gasteiger partial charge in [-0.25, -0.2) is 4.98 Å². The van der Waals surface area contributed by atoms with Crippen molar-refractivity contribution in [1.29, 1.82) is 0 Å². The van der Waals surface area contributed by atoms with E-state index in [1.807, 2.05) is 26.1 Å². The number of aromatic nitrogens is 3. The van der Waals surface area contributed by atoms with Crippen LogP contribution in [-0.4, -0.2) is 41.1 Å². The molecule has 1 unspecified atom stereocenters. The van der Waals surface area contributed by atoms with Crippen molar-refractivity contribution in [3.05, 3.63) is 47.5 Å². The number of rotatable bonds is 4. The van der Waals surface area contributed by atoms with Gasteiger partial charge >= 0.3 is 0 Å². The van der Waals surface area contributed by atoms with E-state index in [1.54, 1.807) is 12.4 Å². The highest BCUT2D eigenvalue weighted by atomic mass is 16.5. The highest BCUT2D eigenvalue weighted by molar-refractivity contribution is 6.06. The van der Waals surface area contributed by atoms with Crippen LogP contribution in [0.15, 0.2) is 30.6 Å². The molecule has 4 heterocycles. The van der Waals surface area contributed by atoms with Crippen LogP contribution in [0, 0.1) is 12.3 Å². The van der Waals surface area contributed by atoms with Crippen molar-refractivity contribution in [2.45, 2.75) is 32.1 Å². The molecule has 7 nitrogen and oxygen atoms in total. The molecule has 5 rings (SSSR count). The highest BCUT2D eigenvalue weighted by Gasteiger charge is 2.55. The van der Waals surface area contributed by atoms with Gasteiger partial charge in [-0.1, -0.05) is 0 Å². The molecule has 0 radical (unpaired) electrons. The number of aryl methyl sites for hydroxylation is 1. The first-order valence-corrected chi connectivity index (χ1v) is 10.1. The number of nitrogens with zero attached hydrogens (tertiary/aromatic N) is 2. The number of pyridine rings is 2. The van der Waals surface area contributed by atoms with Crippen molar-refractivity contribution in [3.63, 3.8) is 0 Å². The van der Waals surface area contributed by atoms with Crippen LogP contribution in [0.5, 0.6) is 0 Å². The Morgan fingerprint density at radius 3 is 2.83 bits per heavy atom. The second-order valence-electron chi connectivity index (χ2n) is 8.18. The first-order chi connectivity index (χ1) is 14.1. The lowest BCUT2D eigenvalue weighted by atomic mass is 9.93. The second kappa shape index (κ2) is 6.84. The van der Waals surface area contributed by atoms with E-state index in [0.29, 0.717) is 22.6 Å². The predicted octanol–water partition coefficient (Wildman–Crippen LogP) is 3.84. The summed E-state index contributed by atoms with van der Waals surface area (Å²) in [6.45, 7) is 3.60. The number of anilines is 2. The van der Waals surface area contributed by atoms with Crippen molar-refractivity contribution >= 4 is 28.3 Å². The summed E-state index contributed by atoms with van der Waals surface area (Å²) >= 11 is 0. The van der Waals surface area contributed by atoms with Crippen molar-refractivity contribution in [3.8, 4) is 0 Å². The quantitative estimate of drug-likeness (QED) is 0.628. The summed E-state index contributed by atoms with van der Waals surface area (Å²) in [6, 6.07) is 5.94. The summed E-state index contributed by atoms with van der Waals surface area (Å²) in [4.78, 5) is 25.1. The topological polar surface area (TPSA) is 91.9 Å². The van der Waals surface area contributed by atoms with E-state index >= 15 is 0 Å². The van der Waals surface area contributed by atoms with Gasteiger partial charge in [0.25, 0.3) is 5.91 Å². The Labute approximate surface area is 169 Å². The van der Waals surface area contributed by atoms with Gasteiger partial charge in [0.05, 0.1) is 28.8 Å². The Kier molecular flexibility index (Phi) is 4.28. The third kappa shape index (κ3) is 3.25. The van der Waals surface area contributed by atoms with Gasteiger partial charge in [0.1, 0.15) is 5.65 Å². The van der Waals surface area contributed by atoms with Crippen LogP contribution >= 0.6 is 0 Å². The number of ether oxygens (including phenoxy) is 1. The molecule has 7 heteroatoms. The summed E-state index contributed by atoms with van der Waals surface area (Å²) in [6.07, 6.45) is 6.84. The van der Waals surface area contributed by atoms with Gasteiger partial charge in [0.2, 0.25) is 0 Å². The minimum atomic E-state index is -0.187. The average molecular weight is 391 g/mol. The van der Waals surface area contributed by atoms with E-state index in [2.05, 4.69) is 31.7 Å². The van der Waals surface area contributed by atoms with Crippen molar-refractivity contribution < 1.29 is 9.53 Å². The summed E-state index contributed by atoms with van der Waals surface area (Å²) < 4.78 is 5.53. The molecule has 2 aliphatic rings. The molecule has 1 amide bonds. The maximum Gasteiger partial charge on any atom is 0.257 e. The van der Waals surface area contributed by atoms with Gasteiger partial charge in [-0.15, -0.1) is 0 Å². The minimum absolute atomic E-state index is 0.187. The van der Waals surface area contributed by atoms with E-state index in [-0.39, 0.29) is 5.91 Å². The first kappa shape index (κ1) is 18.1. The van der Waals surface area contributed by atoms with Gasteiger partial charge in [0.15, 0.2) is 0 Å². The maximum atomic E-state index is 12.8. The number of hydrogen-bond acceptors (Lipinski definition) is 5. The van der Waals surface area contributed by atoms with Gasteiger partial charge in [-0.2, -0.15) is 0 Å². The zero-order valence-corrected chi connectivity index (χ0v) is 16.7. The molecule has 150 valence electrons. The Morgan fingerprint density at radius 2 is 2.03 bits per heavy atom. The molecule has 0 bridgehead atoms. The molecule has 1 aliphatic carbocycles. The van der Waals surface area contributed by atoms with Crippen LogP contribution in [0.2, 0.25) is 0 Å². The molecule has 1 saturated carbocycles. The molecular weight excluding hydrogens is 366 g/mol. The first-order valence-electron chi connectivity index (χ1n) is 10.1. The predicted molar refractivity (Wildman–Crippen MR) is 112 cm³/mol. The molecular formula is C22H25N5O2. The fraction of sp³-hybridized carbons (Fsp3) is 0.409. The molecule has 1 spiro atoms. The van der Waals surface area contributed by atoms with Crippen LogP contribution in [0.25, 0.3) is 11.0 Å². The summed E-state index contributed by atoms with van der Waals surface area (Å²) in [7, 11) is 1.82. The standard InChI is InChI=1S/C22H25N5O2/c1-13-18(9-16(23-2)12-24-13)27-21(28)15-7-14-8-19(26-20(14)25-11-15)17-10-22(17)3-5-29-6-4-22/h7-9,11-12,17,23H,3-6,10H2,1-2H3,(H,25,26)(H,27,28). The summed E-state index contributed by atoms with van der Waals surface area (Å²) in [5, 5.41) is 6.96. The zero-order valence-electron chi connectivity index (χ0n) is 16.7. The molecule has 3 N–H and O–H groups in total. The van der Waals surface area contributed by atoms with Gasteiger partial charge in [0, 0.05) is 43.5 Å². The highest BCUT2D eigenvalue weighted by Crippen LogP contribution is 2.64. The lowest BCUT2D eigenvalue weighted by Gasteiger charge is -2.22. The van der Waals surface area contributed by atoms with Crippen LogP contribution in [0.4, 0.5) is 11.4 Å². The summed E-state index contributed by atoms with van der Waals surface area (Å²) in [5.41, 5.74) is 5.31. The number of carbonyl (C=O) groups excluding carboxylic acids is 1. The van der Waals surface area contributed by atoms with Crippen molar-refractivity contribution in [2.24, 2.45) is 5.41 Å². The van der Waals surface area contributed by atoms with Crippen LogP contribution in [-0.2, 0) is 4.74 Å². The van der Waals surface area contributed by atoms with Crippen LogP contribution in [0.3, 0.4) is 0 Å². The van der Waals surface area contributed by atoms with Crippen molar-refractivity contribution in [1.82, 2.24) is 15.0 Å². The summed E-state index contributed by atoms with van der Waals surface area (Å²) in [5.74, 6) is 0.364. The molecule has 3 aromatic heterocycles. The maximum absolute atomic E-state index is 12.8. The third-order valence-corrected chi connectivity index (χ3v) is 6.43. The van der Waals surface area contributed by atoms with E-state index in [1.165, 1.54) is 12.1 Å². The Bertz CT molecular complexity index is 1080. The number of fused-ring (bicyclic) bond motifs is 1. The molecule has 2 fully saturated rings. The van der Waals surface area contributed by atoms with Crippen molar-refractivity contribution in [2.75, 3.05) is 30.9 Å². The number of hydrogen-bond donors (Lipinski definition) is 3. The van der Waals surface area contributed by atoms with Gasteiger partial charge < -0.3 is 20.4 Å². The molecule has 0 aromatic carbocycles. The van der Waals surface area contributed by atoms with Gasteiger partial charge in [-0.3, -0.25) is 9.78 Å². The van der Waals surface area contributed by atoms with E-state index in [9.17, 15) is 4.79 Å². The minimum Gasteiger partial charge on any atom is -0.387 e. The molecule has 29 heavy (non-hydrogen) atoms. The average Bonchev–Trinajstić information content (AvgIpc) is 3.25. The fourth-order valence-electron chi connectivity index (χ4n) is 4.46. The molecule has 1 aliphatic heterocycles. The number of aromatic amines is 1. The smallest absolute Gasteiger partial charge is 0.257 e. The van der Waals surface area contributed by atoms with Crippen LogP contribution < -0.4 is 10.6 Å². The largest absolute Gasteiger partial charge is 0.387 e. The molecule has 1 atom stereocenters. The number of carbonyl (C=O) groups is 1. The Morgan fingerprint density at radius 1 is 1.21 bits per heavy atom. The number of H-pyrrole nitrogens is 1. The van der Waals surface area contributed by atoms with Gasteiger partial charge in [-0.05, 0) is 49.8 Å². The monoisotopic (exact) mass is 391 g/mol. The lowest BCUT2D eigenvalue weighted by Crippen LogP contribution is -2.18.